The normalized spacial score (nSPS) is 19.1. The molecule has 1 atom stereocenters. The number of carboxylic acid groups (broad SMARTS) is 1. The van der Waals surface area contributed by atoms with Gasteiger partial charge >= 0.3 is 5.97 Å². The number of likely N-dealkylation sites (N-methyl/N-ethyl adjacent to an activating group) is 1. The van der Waals surface area contributed by atoms with E-state index < -0.39 is 5.97 Å². The highest BCUT2D eigenvalue weighted by Gasteiger charge is 2.24. The van der Waals surface area contributed by atoms with Gasteiger partial charge in [-0.15, -0.1) is 0 Å². The predicted octanol–water partition coefficient (Wildman–Crippen LogP) is 2.31. The Morgan fingerprint density at radius 2 is 2.10 bits per heavy atom. The van der Waals surface area contributed by atoms with Crippen LogP contribution in [0.25, 0.3) is 6.08 Å². The molecule has 0 aliphatic carbocycles. The first-order valence-electron chi connectivity index (χ1n) is 6.98. The quantitative estimate of drug-likeness (QED) is 0.837. The molecule has 1 heterocycles. The van der Waals surface area contributed by atoms with Crippen molar-refractivity contribution in [2.45, 2.75) is 18.9 Å². The second-order valence-corrected chi connectivity index (χ2v) is 5.51. The molecular formula is C16H22N2O2. The predicted molar refractivity (Wildman–Crippen MR) is 82.0 cm³/mol. The maximum Gasteiger partial charge on any atom is 0.328 e. The van der Waals surface area contributed by atoms with Gasteiger partial charge in [0.25, 0.3) is 0 Å². The number of anilines is 1. The van der Waals surface area contributed by atoms with Crippen molar-refractivity contribution in [1.82, 2.24) is 4.90 Å². The Labute approximate surface area is 120 Å². The van der Waals surface area contributed by atoms with Crippen molar-refractivity contribution < 1.29 is 9.90 Å². The van der Waals surface area contributed by atoms with Crippen LogP contribution in [0.4, 0.5) is 5.69 Å². The second-order valence-electron chi connectivity index (χ2n) is 5.51. The van der Waals surface area contributed by atoms with Crippen LogP contribution in [-0.4, -0.2) is 49.2 Å². The van der Waals surface area contributed by atoms with Crippen molar-refractivity contribution in [1.29, 1.82) is 0 Å². The van der Waals surface area contributed by atoms with Gasteiger partial charge in [0, 0.05) is 30.9 Å². The van der Waals surface area contributed by atoms with E-state index in [0.717, 1.165) is 18.7 Å². The molecule has 1 unspecified atom stereocenters. The minimum atomic E-state index is -0.917. The lowest BCUT2D eigenvalue weighted by Gasteiger charge is -2.29. The molecule has 1 saturated heterocycles. The van der Waals surface area contributed by atoms with Gasteiger partial charge in [-0.25, -0.2) is 4.79 Å². The van der Waals surface area contributed by atoms with Gasteiger partial charge in [0.05, 0.1) is 0 Å². The third-order valence-electron chi connectivity index (χ3n) is 3.60. The van der Waals surface area contributed by atoms with Crippen LogP contribution < -0.4 is 4.90 Å². The van der Waals surface area contributed by atoms with Gasteiger partial charge in [0.2, 0.25) is 0 Å². The maximum absolute atomic E-state index is 10.5. The molecule has 1 N–H and O–H groups in total. The Bertz CT molecular complexity index is 480. The van der Waals surface area contributed by atoms with Crippen molar-refractivity contribution in [2.75, 3.05) is 32.1 Å². The SMILES string of the molecule is CN(C)CC1CCCN1c1ccc(C=CC(=O)O)cc1. The van der Waals surface area contributed by atoms with Crippen LogP contribution in [0.5, 0.6) is 0 Å². The fraction of sp³-hybridized carbons (Fsp3) is 0.438. The number of hydrogen-bond acceptors (Lipinski definition) is 3. The van der Waals surface area contributed by atoms with E-state index in [-0.39, 0.29) is 0 Å². The summed E-state index contributed by atoms with van der Waals surface area (Å²) in [4.78, 5) is 15.2. The minimum absolute atomic E-state index is 0.574. The molecule has 4 heteroatoms. The summed E-state index contributed by atoms with van der Waals surface area (Å²) < 4.78 is 0. The zero-order valence-electron chi connectivity index (χ0n) is 12.1. The molecule has 0 spiro atoms. The average Bonchev–Trinajstić information content (AvgIpc) is 2.84. The van der Waals surface area contributed by atoms with E-state index in [9.17, 15) is 4.79 Å². The molecule has 0 saturated carbocycles. The van der Waals surface area contributed by atoms with Crippen LogP contribution >= 0.6 is 0 Å². The van der Waals surface area contributed by atoms with Crippen LogP contribution in [0.3, 0.4) is 0 Å². The average molecular weight is 274 g/mol. The van der Waals surface area contributed by atoms with Crippen LogP contribution in [0.1, 0.15) is 18.4 Å². The van der Waals surface area contributed by atoms with Gasteiger partial charge in [-0.3, -0.25) is 0 Å². The maximum atomic E-state index is 10.5. The van der Waals surface area contributed by atoms with Gasteiger partial charge in [-0.2, -0.15) is 0 Å². The Morgan fingerprint density at radius 3 is 2.70 bits per heavy atom. The zero-order chi connectivity index (χ0) is 14.5. The fourth-order valence-electron chi connectivity index (χ4n) is 2.73. The van der Waals surface area contributed by atoms with Gasteiger partial charge < -0.3 is 14.9 Å². The summed E-state index contributed by atoms with van der Waals surface area (Å²) in [5.41, 5.74) is 2.14. The number of carbonyl (C=O) groups is 1. The fourth-order valence-corrected chi connectivity index (χ4v) is 2.73. The molecule has 0 amide bonds. The van der Waals surface area contributed by atoms with Gasteiger partial charge in [-0.05, 0) is 50.7 Å². The van der Waals surface area contributed by atoms with Crippen molar-refractivity contribution in [3.8, 4) is 0 Å². The Balaban J connectivity index is 2.07. The van der Waals surface area contributed by atoms with E-state index in [1.165, 1.54) is 24.6 Å². The molecule has 1 fully saturated rings. The number of aliphatic carboxylic acids is 1. The van der Waals surface area contributed by atoms with Crippen LogP contribution in [0.2, 0.25) is 0 Å². The van der Waals surface area contributed by atoms with E-state index in [0.29, 0.717) is 6.04 Å². The highest BCUT2D eigenvalue weighted by Crippen LogP contribution is 2.26. The number of carboxylic acids is 1. The molecule has 2 rings (SSSR count). The highest BCUT2D eigenvalue weighted by atomic mass is 16.4. The number of rotatable bonds is 5. The van der Waals surface area contributed by atoms with E-state index in [1.54, 1.807) is 6.08 Å². The smallest absolute Gasteiger partial charge is 0.328 e. The molecule has 1 aromatic rings. The van der Waals surface area contributed by atoms with E-state index in [1.807, 2.05) is 12.1 Å². The van der Waals surface area contributed by atoms with Gasteiger partial charge in [-0.1, -0.05) is 12.1 Å². The lowest BCUT2D eigenvalue weighted by molar-refractivity contribution is -0.131. The molecule has 108 valence electrons. The first kappa shape index (κ1) is 14.6. The third kappa shape index (κ3) is 3.84. The van der Waals surface area contributed by atoms with Crippen molar-refractivity contribution in [3.05, 3.63) is 35.9 Å². The Morgan fingerprint density at radius 1 is 1.40 bits per heavy atom. The third-order valence-corrected chi connectivity index (χ3v) is 3.60. The molecule has 1 aromatic carbocycles. The summed E-state index contributed by atoms with van der Waals surface area (Å²) in [5.74, 6) is -0.917. The molecular weight excluding hydrogens is 252 g/mol. The lowest BCUT2D eigenvalue weighted by Crippen LogP contribution is -2.37. The largest absolute Gasteiger partial charge is 0.478 e. The van der Waals surface area contributed by atoms with E-state index in [4.69, 9.17) is 5.11 Å². The summed E-state index contributed by atoms with van der Waals surface area (Å²) in [7, 11) is 4.21. The molecule has 0 bridgehead atoms. The standard InChI is InChI=1S/C16H22N2O2/c1-17(2)12-15-4-3-11-18(15)14-8-5-13(6-9-14)7-10-16(19)20/h5-10,15H,3-4,11-12H2,1-2H3,(H,19,20). The Hall–Kier alpha value is -1.81. The number of benzene rings is 1. The zero-order valence-corrected chi connectivity index (χ0v) is 12.1. The summed E-state index contributed by atoms with van der Waals surface area (Å²) in [6.45, 7) is 2.17. The van der Waals surface area contributed by atoms with Crippen LogP contribution in [0.15, 0.2) is 30.3 Å². The Kier molecular flexibility index (Phi) is 4.79. The summed E-state index contributed by atoms with van der Waals surface area (Å²) >= 11 is 0. The van der Waals surface area contributed by atoms with Crippen LogP contribution in [0, 0.1) is 0 Å². The van der Waals surface area contributed by atoms with Gasteiger partial charge in [0.15, 0.2) is 0 Å². The van der Waals surface area contributed by atoms with Crippen molar-refractivity contribution in [2.24, 2.45) is 0 Å². The van der Waals surface area contributed by atoms with Gasteiger partial charge in [0.1, 0.15) is 0 Å². The monoisotopic (exact) mass is 274 g/mol. The molecule has 1 aliphatic heterocycles. The second kappa shape index (κ2) is 6.57. The first-order valence-corrected chi connectivity index (χ1v) is 6.98. The highest BCUT2D eigenvalue weighted by molar-refractivity contribution is 5.85. The topological polar surface area (TPSA) is 43.8 Å². The van der Waals surface area contributed by atoms with Crippen molar-refractivity contribution in [3.63, 3.8) is 0 Å². The summed E-state index contributed by atoms with van der Waals surface area (Å²) in [6.07, 6.45) is 5.26. The number of hydrogen-bond donors (Lipinski definition) is 1. The van der Waals surface area contributed by atoms with Crippen LogP contribution in [-0.2, 0) is 4.79 Å². The summed E-state index contributed by atoms with van der Waals surface area (Å²) in [5, 5.41) is 8.62. The molecule has 0 radical (unpaired) electrons. The number of nitrogens with zero attached hydrogens (tertiary/aromatic N) is 2. The summed E-state index contributed by atoms with van der Waals surface area (Å²) in [6, 6.07) is 8.68. The molecule has 4 nitrogen and oxygen atoms in total. The molecule has 0 aromatic heterocycles. The molecule has 1 aliphatic rings. The molecule has 20 heavy (non-hydrogen) atoms. The van der Waals surface area contributed by atoms with Crippen molar-refractivity contribution >= 4 is 17.7 Å². The van der Waals surface area contributed by atoms with E-state index in [2.05, 4.69) is 36.0 Å². The minimum Gasteiger partial charge on any atom is -0.478 e. The first-order chi connectivity index (χ1) is 9.56. The van der Waals surface area contributed by atoms with E-state index >= 15 is 0 Å². The lowest BCUT2D eigenvalue weighted by atomic mass is 10.1.